The zero-order chi connectivity index (χ0) is 18.4. The first-order chi connectivity index (χ1) is 11.9. The standard InChI is InChI=1S/C8H8ClNO3.C8H7NO3/c9-5-8(11)6-2-1-3-7(4-6)10(12)13;10-9(11)7-3-1-2-6(4-7)8-5-12-8/h1-4,8,11H,5H2;1-4,8H,5H2. The molecule has 1 saturated heterocycles. The van der Waals surface area contributed by atoms with Gasteiger partial charge >= 0.3 is 0 Å². The third-order valence-corrected chi connectivity index (χ3v) is 3.69. The monoisotopic (exact) mass is 366 g/mol. The molecule has 2 aromatic rings. The van der Waals surface area contributed by atoms with E-state index >= 15 is 0 Å². The minimum absolute atomic E-state index is 0.0289. The minimum atomic E-state index is -0.846. The van der Waals surface area contributed by atoms with E-state index in [4.69, 9.17) is 16.3 Å². The zero-order valence-electron chi connectivity index (χ0n) is 12.9. The van der Waals surface area contributed by atoms with Crippen LogP contribution < -0.4 is 0 Å². The highest BCUT2D eigenvalue weighted by Gasteiger charge is 2.25. The van der Waals surface area contributed by atoms with E-state index in [1.807, 2.05) is 6.07 Å². The molecule has 25 heavy (non-hydrogen) atoms. The Labute approximate surface area is 147 Å². The SMILES string of the molecule is O=[N+]([O-])c1cccc(C(O)CCl)c1.O=[N+]([O-])c1cccc(C2CO2)c1. The quantitative estimate of drug-likeness (QED) is 0.374. The lowest BCUT2D eigenvalue weighted by molar-refractivity contribution is -0.385. The van der Waals surface area contributed by atoms with Crippen LogP contribution in [0, 0.1) is 20.2 Å². The third kappa shape index (κ3) is 5.49. The molecule has 0 aliphatic carbocycles. The van der Waals surface area contributed by atoms with Gasteiger partial charge in [-0.25, -0.2) is 0 Å². The number of aliphatic hydroxyl groups excluding tert-OH is 1. The molecule has 0 amide bonds. The van der Waals surface area contributed by atoms with Crippen LogP contribution in [0.5, 0.6) is 0 Å². The fraction of sp³-hybridized carbons (Fsp3) is 0.250. The molecule has 2 aromatic carbocycles. The van der Waals surface area contributed by atoms with Crippen LogP contribution in [0.15, 0.2) is 48.5 Å². The second-order valence-corrected chi connectivity index (χ2v) is 5.50. The normalized spacial score (nSPS) is 16.3. The fourth-order valence-corrected chi connectivity index (χ4v) is 2.19. The number of hydrogen-bond acceptors (Lipinski definition) is 6. The second kappa shape index (κ2) is 8.52. The van der Waals surface area contributed by atoms with Gasteiger partial charge in [0.2, 0.25) is 0 Å². The first-order valence-corrected chi connectivity index (χ1v) is 7.80. The number of epoxide rings is 1. The van der Waals surface area contributed by atoms with E-state index in [1.165, 1.54) is 24.3 Å². The molecule has 9 heteroatoms. The molecule has 1 N–H and O–H groups in total. The molecule has 0 aromatic heterocycles. The number of alkyl halides is 1. The highest BCUT2D eigenvalue weighted by atomic mass is 35.5. The Bertz CT molecular complexity index is 766. The van der Waals surface area contributed by atoms with Gasteiger partial charge in [-0.15, -0.1) is 11.6 Å². The Morgan fingerprint density at radius 3 is 2.20 bits per heavy atom. The van der Waals surface area contributed by atoms with E-state index in [1.54, 1.807) is 18.2 Å². The van der Waals surface area contributed by atoms with Crippen molar-refractivity contribution >= 4 is 23.0 Å². The minimum Gasteiger partial charge on any atom is -0.387 e. The van der Waals surface area contributed by atoms with Crippen LogP contribution in [0.1, 0.15) is 23.3 Å². The van der Waals surface area contributed by atoms with Crippen LogP contribution in [0.4, 0.5) is 11.4 Å². The van der Waals surface area contributed by atoms with Gasteiger partial charge in [0.1, 0.15) is 6.10 Å². The van der Waals surface area contributed by atoms with Crippen molar-refractivity contribution in [2.45, 2.75) is 12.2 Å². The maximum absolute atomic E-state index is 10.4. The molecule has 132 valence electrons. The average Bonchev–Trinajstić information content (AvgIpc) is 3.47. The van der Waals surface area contributed by atoms with Crippen molar-refractivity contribution in [2.24, 2.45) is 0 Å². The summed E-state index contributed by atoms with van der Waals surface area (Å²) in [5.74, 6) is 0.0289. The summed E-state index contributed by atoms with van der Waals surface area (Å²) in [5, 5.41) is 30.0. The Morgan fingerprint density at radius 1 is 1.12 bits per heavy atom. The molecule has 1 fully saturated rings. The van der Waals surface area contributed by atoms with E-state index in [0.29, 0.717) is 12.2 Å². The summed E-state index contributed by atoms with van der Waals surface area (Å²) >= 11 is 5.40. The lowest BCUT2D eigenvalue weighted by Gasteiger charge is -2.05. The molecule has 0 bridgehead atoms. The second-order valence-electron chi connectivity index (χ2n) is 5.20. The van der Waals surface area contributed by atoms with Crippen LogP contribution >= 0.6 is 11.6 Å². The zero-order valence-corrected chi connectivity index (χ0v) is 13.7. The van der Waals surface area contributed by atoms with Gasteiger partial charge < -0.3 is 9.84 Å². The summed E-state index contributed by atoms with van der Waals surface area (Å²) in [6.07, 6.45) is -0.758. The van der Waals surface area contributed by atoms with E-state index < -0.39 is 16.0 Å². The predicted octanol–water partition coefficient (Wildman–Crippen LogP) is 3.53. The van der Waals surface area contributed by atoms with Gasteiger partial charge in [-0.05, 0) is 11.1 Å². The largest absolute Gasteiger partial charge is 0.387 e. The number of ether oxygens (including phenoxy) is 1. The summed E-state index contributed by atoms with van der Waals surface area (Å²) in [4.78, 5) is 19.8. The van der Waals surface area contributed by atoms with Crippen LogP contribution in [-0.2, 0) is 4.74 Å². The maximum atomic E-state index is 10.4. The van der Waals surface area contributed by atoms with E-state index in [9.17, 15) is 25.3 Å². The van der Waals surface area contributed by atoms with Crippen molar-refractivity contribution in [3.63, 3.8) is 0 Å². The lowest BCUT2D eigenvalue weighted by atomic mass is 10.1. The van der Waals surface area contributed by atoms with Gasteiger partial charge in [-0.2, -0.15) is 0 Å². The molecule has 1 aliphatic rings. The van der Waals surface area contributed by atoms with Gasteiger partial charge in [0, 0.05) is 24.3 Å². The van der Waals surface area contributed by atoms with Crippen molar-refractivity contribution in [3.05, 3.63) is 79.9 Å². The summed E-state index contributed by atoms with van der Waals surface area (Å²) < 4.78 is 5.01. The lowest BCUT2D eigenvalue weighted by Crippen LogP contribution is -1.99. The van der Waals surface area contributed by atoms with Crippen LogP contribution in [0.2, 0.25) is 0 Å². The van der Waals surface area contributed by atoms with Gasteiger partial charge in [0.25, 0.3) is 11.4 Å². The van der Waals surface area contributed by atoms with E-state index in [0.717, 1.165) is 5.56 Å². The molecule has 2 atom stereocenters. The molecule has 0 radical (unpaired) electrons. The summed E-state index contributed by atoms with van der Waals surface area (Å²) in [6, 6.07) is 12.3. The summed E-state index contributed by atoms with van der Waals surface area (Å²) in [5.41, 5.74) is 1.44. The van der Waals surface area contributed by atoms with Gasteiger partial charge in [-0.3, -0.25) is 20.2 Å². The number of hydrogen-bond donors (Lipinski definition) is 1. The maximum Gasteiger partial charge on any atom is 0.269 e. The Morgan fingerprint density at radius 2 is 1.68 bits per heavy atom. The molecule has 3 rings (SSSR count). The van der Waals surface area contributed by atoms with Gasteiger partial charge in [-0.1, -0.05) is 24.3 Å². The number of halogens is 1. The highest BCUT2D eigenvalue weighted by molar-refractivity contribution is 6.18. The van der Waals surface area contributed by atoms with Gasteiger partial charge in [0.05, 0.1) is 28.4 Å². The summed E-state index contributed by atoms with van der Waals surface area (Å²) in [6.45, 7) is 0.682. The molecule has 2 unspecified atom stereocenters. The predicted molar refractivity (Wildman–Crippen MR) is 90.6 cm³/mol. The number of nitrogens with zero attached hydrogens (tertiary/aromatic N) is 2. The van der Waals surface area contributed by atoms with Crippen molar-refractivity contribution in [1.82, 2.24) is 0 Å². The highest BCUT2D eigenvalue weighted by Crippen LogP contribution is 2.31. The van der Waals surface area contributed by atoms with Gasteiger partial charge in [0.15, 0.2) is 0 Å². The van der Waals surface area contributed by atoms with Crippen LogP contribution in [0.3, 0.4) is 0 Å². The van der Waals surface area contributed by atoms with E-state index in [-0.39, 0.29) is 23.4 Å². The Balaban J connectivity index is 0.000000181. The number of non-ortho nitro benzene ring substituents is 2. The molecular weight excluding hydrogens is 352 g/mol. The number of nitro groups is 2. The van der Waals surface area contributed by atoms with Crippen molar-refractivity contribution < 1.29 is 19.7 Å². The number of rotatable bonds is 5. The molecule has 1 aliphatic heterocycles. The molecule has 0 saturated carbocycles. The van der Waals surface area contributed by atoms with Crippen molar-refractivity contribution in [3.8, 4) is 0 Å². The number of benzene rings is 2. The van der Waals surface area contributed by atoms with Crippen LogP contribution in [-0.4, -0.2) is 27.4 Å². The third-order valence-electron chi connectivity index (χ3n) is 3.40. The summed E-state index contributed by atoms with van der Waals surface area (Å²) in [7, 11) is 0. The Kier molecular flexibility index (Phi) is 6.40. The van der Waals surface area contributed by atoms with Crippen molar-refractivity contribution in [2.75, 3.05) is 12.5 Å². The van der Waals surface area contributed by atoms with Crippen LogP contribution in [0.25, 0.3) is 0 Å². The molecule has 1 heterocycles. The molecule has 0 spiro atoms. The fourth-order valence-electron chi connectivity index (χ4n) is 2.01. The molecule has 8 nitrogen and oxygen atoms in total. The number of aliphatic hydroxyl groups is 1. The first-order valence-electron chi connectivity index (χ1n) is 7.26. The smallest absolute Gasteiger partial charge is 0.269 e. The molecular formula is C16H15ClN2O6. The topological polar surface area (TPSA) is 119 Å². The average molecular weight is 367 g/mol. The Hall–Kier alpha value is -2.55. The van der Waals surface area contributed by atoms with Crippen molar-refractivity contribution in [1.29, 1.82) is 0 Å². The number of nitro benzene ring substituents is 2. The van der Waals surface area contributed by atoms with E-state index in [2.05, 4.69) is 0 Å². The first kappa shape index (κ1) is 18.8.